The number of nitrogens with one attached hydrogen (secondary N) is 2. The van der Waals surface area contributed by atoms with Crippen molar-refractivity contribution in [3.63, 3.8) is 0 Å². The molecule has 3 amide bonds. The number of likely N-dealkylation sites (tertiary alicyclic amines) is 1. The van der Waals surface area contributed by atoms with Gasteiger partial charge >= 0.3 is 11.9 Å². The fraction of sp³-hybridized carbons (Fsp3) is 0.389. The quantitative estimate of drug-likeness (QED) is 0.231. The number of imidazole rings is 1. The van der Waals surface area contributed by atoms with Gasteiger partial charge in [0, 0.05) is 57.0 Å². The predicted molar refractivity (Wildman–Crippen MR) is 182 cm³/mol. The standard InChI is InChI=1S/C36H34F3N9O4/c1-45-32-24(4-2-6-27(32)48(35(45)52)28-12-13-31(49)43-34(28)51)22-17-46(18-22)16-20-8-10-23(11-9-20)47-19-21-14-30(40-15-26(21)44-47)42-33(50)25-5-3-7-29(41-25)36(37,38)39/h2-7,14-15,19-20,22,28H,8-13,16-18H2,1H3,(H-,42,43,49,50,51)/p+1. The van der Waals surface area contributed by atoms with Crippen molar-refractivity contribution in [1.29, 1.82) is 0 Å². The summed E-state index contributed by atoms with van der Waals surface area (Å²) in [6.45, 7) is 2.74. The molecule has 2 N–H and O–H groups in total. The molecule has 4 aliphatic rings. The van der Waals surface area contributed by atoms with E-state index < -0.39 is 29.7 Å². The van der Waals surface area contributed by atoms with Gasteiger partial charge in [0.25, 0.3) is 5.91 Å². The van der Waals surface area contributed by atoms with E-state index in [4.69, 9.17) is 0 Å². The Balaban J connectivity index is 0.883. The van der Waals surface area contributed by atoms with Crippen molar-refractivity contribution in [2.24, 2.45) is 18.1 Å². The minimum absolute atomic E-state index is 0.183. The maximum Gasteiger partial charge on any atom is 0.433 e. The Morgan fingerprint density at radius 1 is 1.04 bits per heavy atom. The number of rotatable bonds is 6. The van der Waals surface area contributed by atoms with Crippen molar-refractivity contribution in [2.75, 3.05) is 25.0 Å². The number of hydrogen-bond acceptors (Lipinski definition) is 8. The van der Waals surface area contributed by atoms with Crippen LogP contribution in [0.4, 0.5) is 19.0 Å². The maximum atomic E-state index is 13.3. The number of aryl methyl sites for hydroxylation is 1. The van der Waals surface area contributed by atoms with Crippen LogP contribution in [-0.4, -0.2) is 71.8 Å². The van der Waals surface area contributed by atoms with Crippen LogP contribution in [0.1, 0.15) is 72.2 Å². The molecule has 2 saturated heterocycles. The van der Waals surface area contributed by atoms with Gasteiger partial charge in [-0.05, 0) is 55.0 Å². The van der Waals surface area contributed by atoms with Crippen molar-refractivity contribution in [3.8, 4) is 0 Å². The van der Waals surface area contributed by atoms with E-state index in [1.165, 1.54) is 22.5 Å². The Morgan fingerprint density at radius 2 is 1.81 bits per heavy atom. The highest BCUT2D eigenvalue weighted by atomic mass is 19.4. The topological polar surface area (TPSA) is 147 Å². The number of halogens is 3. The van der Waals surface area contributed by atoms with Crippen LogP contribution in [0.2, 0.25) is 0 Å². The first-order chi connectivity index (χ1) is 24.9. The first-order valence-electron chi connectivity index (χ1n) is 17.2. The van der Waals surface area contributed by atoms with Gasteiger partial charge < -0.3 is 10.2 Å². The normalized spacial score (nSPS) is 21.0. The van der Waals surface area contributed by atoms with E-state index in [1.807, 2.05) is 23.0 Å². The molecular weight excluding hydrogens is 679 g/mol. The third-order valence-electron chi connectivity index (χ3n) is 10.5. The lowest BCUT2D eigenvalue weighted by molar-refractivity contribution is -0.430. The zero-order valence-electron chi connectivity index (χ0n) is 28.2. The Hall–Kier alpha value is -5.51. The van der Waals surface area contributed by atoms with E-state index in [0.29, 0.717) is 23.2 Å². The molecular formula is C36H35F3N9O4+. The summed E-state index contributed by atoms with van der Waals surface area (Å²) in [5, 5.41) is 11.0. The number of benzene rings is 1. The van der Waals surface area contributed by atoms with Crippen molar-refractivity contribution in [3.05, 3.63) is 86.7 Å². The fourth-order valence-electron chi connectivity index (χ4n) is 7.79. The number of imide groups is 1. The molecule has 4 aromatic rings. The number of pyridine rings is 2. The van der Waals surface area contributed by atoms with E-state index in [0.717, 1.165) is 73.7 Å². The molecule has 268 valence electrons. The second-order valence-corrected chi connectivity index (χ2v) is 13.9. The number of carbonyl (C=O) groups excluding carboxylic acids is 3. The zero-order valence-corrected chi connectivity index (χ0v) is 28.2. The summed E-state index contributed by atoms with van der Waals surface area (Å²) in [5.41, 5.74) is 2.05. The van der Waals surface area contributed by atoms with Gasteiger partial charge in [-0.15, -0.1) is 0 Å². The SMILES string of the molecule is Cn1c(=O)n(C2CCC(=O)NC2=O)c2cccc(C3CN(CC4CCC(=[N+]5C=c6cc(NC(=O)c7cccc(C(F)(F)F)n7)ncc6=N5)CC4)C3)c21. The molecule has 1 aromatic carbocycles. The molecule has 1 saturated carbocycles. The van der Waals surface area contributed by atoms with E-state index in [2.05, 4.69) is 36.7 Å². The molecule has 13 nitrogen and oxygen atoms in total. The molecule has 3 aromatic heterocycles. The number of aromatic nitrogens is 4. The summed E-state index contributed by atoms with van der Waals surface area (Å²) in [6.07, 6.45) is 3.02. The summed E-state index contributed by atoms with van der Waals surface area (Å²) in [7, 11) is 1.74. The number of para-hydroxylation sites is 1. The van der Waals surface area contributed by atoms with Gasteiger partial charge in [-0.1, -0.05) is 22.9 Å². The molecule has 0 radical (unpaired) electrons. The molecule has 1 atom stereocenters. The van der Waals surface area contributed by atoms with Crippen molar-refractivity contribution in [2.45, 2.75) is 56.7 Å². The molecule has 16 heteroatoms. The highest BCUT2D eigenvalue weighted by Crippen LogP contribution is 2.35. The highest BCUT2D eigenvalue weighted by molar-refractivity contribution is 6.02. The summed E-state index contributed by atoms with van der Waals surface area (Å²) >= 11 is 0. The minimum Gasteiger partial charge on any atom is -0.305 e. The largest absolute Gasteiger partial charge is 0.433 e. The number of hydrogen-bond donors (Lipinski definition) is 2. The van der Waals surface area contributed by atoms with Gasteiger partial charge in [0.15, 0.2) is 11.1 Å². The number of alkyl halides is 3. The van der Waals surface area contributed by atoms with Crippen LogP contribution in [0.25, 0.3) is 17.2 Å². The lowest BCUT2D eigenvalue weighted by atomic mass is 9.84. The van der Waals surface area contributed by atoms with Gasteiger partial charge in [0.2, 0.25) is 18.0 Å². The number of carbonyl (C=O) groups is 3. The van der Waals surface area contributed by atoms with Crippen molar-refractivity contribution >= 4 is 46.5 Å². The molecule has 6 heterocycles. The number of amides is 3. The average Bonchev–Trinajstić information content (AvgIpc) is 3.64. The Bertz CT molecular complexity index is 2370. The molecule has 3 aliphatic heterocycles. The Morgan fingerprint density at radius 3 is 2.56 bits per heavy atom. The second kappa shape index (κ2) is 12.9. The highest BCUT2D eigenvalue weighted by Gasteiger charge is 2.36. The molecule has 3 fully saturated rings. The van der Waals surface area contributed by atoms with Crippen LogP contribution in [-0.2, 0) is 22.8 Å². The first-order valence-corrected chi connectivity index (χ1v) is 17.2. The molecule has 1 unspecified atom stereocenters. The minimum atomic E-state index is -4.66. The molecule has 0 spiro atoms. The van der Waals surface area contributed by atoms with Gasteiger partial charge in [0.1, 0.15) is 23.2 Å². The van der Waals surface area contributed by atoms with Crippen LogP contribution in [0, 0.1) is 5.92 Å². The van der Waals surface area contributed by atoms with Gasteiger partial charge in [-0.25, -0.2) is 14.8 Å². The number of anilines is 1. The summed E-state index contributed by atoms with van der Waals surface area (Å²) in [6, 6.07) is 9.95. The van der Waals surface area contributed by atoms with Crippen LogP contribution in [0.5, 0.6) is 0 Å². The second-order valence-electron chi connectivity index (χ2n) is 13.9. The van der Waals surface area contributed by atoms with Crippen LogP contribution in [0.15, 0.2) is 58.6 Å². The van der Waals surface area contributed by atoms with E-state index in [-0.39, 0.29) is 35.4 Å². The van der Waals surface area contributed by atoms with Crippen LogP contribution in [0.3, 0.4) is 0 Å². The summed E-state index contributed by atoms with van der Waals surface area (Å²) in [4.78, 5) is 60.4. The lowest BCUT2D eigenvalue weighted by Gasteiger charge is -2.42. The first kappa shape index (κ1) is 33.6. The summed E-state index contributed by atoms with van der Waals surface area (Å²) in [5.74, 6) is -0.579. The van der Waals surface area contributed by atoms with E-state index in [9.17, 15) is 32.3 Å². The third-order valence-corrected chi connectivity index (χ3v) is 10.5. The number of nitrogens with zero attached hydrogens (tertiary/aromatic N) is 7. The fourth-order valence-corrected chi connectivity index (χ4v) is 7.79. The van der Waals surface area contributed by atoms with Gasteiger partial charge in [-0.2, -0.15) is 13.2 Å². The predicted octanol–water partition coefficient (Wildman–Crippen LogP) is 2.41. The average molecular weight is 715 g/mol. The smallest absolute Gasteiger partial charge is 0.305 e. The lowest BCUT2D eigenvalue weighted by Crippen LogP contribution is -2.47. The number of piperidine rings is 1. The maximum absolute atomic E-state index is 13.3. The number of fused-ring (bicyclic) bond motifs is 2. The van der Waals surface area contributed by atoms with Crippen LogP contribution < -0.4 is 26.9 Å². The molecule has 8 rings (SSSR count). The van der Waals surface area contributed by atoms with E-state index >= 15 is 0 Å². The molecule has 52 heavy (non-hydrogen) atoms. The van der Waals surface area contributed by atoms with Crippen molar-refractivity contribution < 1.29 is 32.2 Å². The Labute approximate surface area is 294 Å². The summed E-state index contributed by atoms with van der Waals surface area (Å²) < 4.78 is 44.1. The Kier molecular flexibility index (Phi) is 8.35. The van der Waals surface area contributed by atoms with E-state index in [1.54, 1.807) is 17.7 Å². The zero-order chi connectivity index (χ0) is 36.3. The van der Waals surface area contributed by atoms with Crippen LogP contribution >= 0.6 is 0 Å². The van der Waals surface area contributed by atoms with Gasteiger partial charge in [0.05, 0.1) is 22.4 Å². The monoisotopic (exact) mass is 714 g/mol. The van der Waals surface area contributed by atoms with Crippen molar-refractivity contribution in [1.82, 2.24) is 29.3 Å². The third kappa shape index (κ3) is 6.20. The van der Waals surface area contributed by atoms with Gasteiger partial charge in [-0.3, -0.25) is 28.8 Å². The molecule has 1 aliphatic carbocycles. The molecule has 0 bridgehead atoms.